The van der Waals surface area contributed by atoms with Crippen LogP contribution in [0.5, 0.6) is 0 Å². The largest absolute Gasteiger partial charge is 0.378 e. The molecule has 0 amide bonds. The predicted molar refractivity (Wildman–Crippen MR) is 56.4 cm³/mol. The Morgan fingerprint density at radius 1 is 1.62 bits per heavy atom. The van der Waals surface area contributed by atoms with E-state index in [1.807, 2.05) is 11.8 Å². The van der Waals surface area contributed by atoms with Crippen LogP contribution in [0.2, 0.25) is 0 Å². The quantitative estimate of drug-likeness (QED) is 0.744. The van der Waals surface area contributed by atoms with Gasteiger partial charge in [-0.2, -0.15) is 0 Å². The number of thioether (sulfide) groups is 1. The fraction of sp³-hybridized carbons (Fsp3) is 0.889. The van der Waals surface area contributed by atoms with Crippen LogP contribution in [0.4, 0.5) is 0 Å². The number of hydrogen-bond donors (Lipinski definition) is 1. The van der Waals surface area contributed by atoms with E-state index in [2.05, 4.69) is 10.3 Å². The van der Waals surface area contributed by atoms with Gasteiger partial charge in [0.1, 0.15) is 0 Å². The van der Waals surface area contributed by atoms with Crippen molar-refractivity contribution in [2.75, 3.05) is 25.4 Å². The van der Waals surface area contributed by atoms with Gasteiger partial charge in [0.25, 0.3) is 0 Å². The zero-order chi connectivity index (χ0) is 8.93. The maximum absolute atomic E-state index is 5.53. The summed E-state index contributed by atoms with van der Waals surface area (Å²) in [5, 5.41) is 4.46. The normalized spacial score (nSPS) is 27.7. The van der Waals surface area contributed by atoms with Gasteiger partial charge in [-0.1, -0.05) is 11.8 Å². The van der Waals surface area contributed by atoms with Gasteiger partial charge in [-0.05, 0) is 19.3 Å². The van der Waals surface area contributed by atoms with E-state index in [-0.39, 0.29) is 0 Å². The molecule has 1 unspecified atom stereocenters. The molecular weight excluding hydrogens is 184 g/mol. The molecule has 74 valence electrons. The monoisotopic (exact) mass is 200 g/mol. The van der Waals surface area contributed by atoms with Crippen molar-refractivity contribution in [1.29, 1.82) is 0 Å². The molecule has 0 radical (unpaired) electrons. The first kappa shape index (κ1) is 9.34. The third-order valence-corrected chi connectivity index (χ3v) is 3.29. The van der Waals surface area contributed by atoms with E-state index >= 15 is 0 Å². The lowest BCUT2D eigenvalue weighted by atomic mass is 10.2. The summed E-state index contributed by atoms with van der Waals surface area (Å²) in [6, 6.07) is 0. The van der Waals surface area contributed by atoms with E-state index in [0.29, 0.717) is 6.10 Å². The average Bonchev–Trinajstić information content (AvgIpc) is 2.75. The van der Waals surface area contributed by atoms with Crippen LogP contribution in [0.3, 0.4) is 0 Å². The Labute approximate surface area is 83.3 Å². The molecule has 0 bridgehead atoms. The molecule has 0 aromatic carbocycles. The molecule has 2 aliphatic heterocycles. The summed E-state index contributed by atoms with van der Waals surface area (Å²) < 4.78 is 5.53. The predicted octanol–water partition coefficient (Wildman–Crippen LogP) is 1.25. The van der Waals surface area contributed by atoms with Gasteiger partial charge < -0.3 is 10.1 Å². The van der Waals surface area contributed by atoms with Crippen LogP contribution in [0.1, 0.15) is 19.3 Å². The van der Waals surface area contributed by atoms with E-state index < -0.39 is 0 Å². The Hall–Kier alpha value is -0.220. The van der Waals surface area contributed by atoms with Gasteiger partial charge in [-0.15, -0.1) is 0 Å². The highest BCUT2D eigenvalue weighted by Gasteiger charge is 2.15. The van der Waals surface area contributed by atoms with Gasteiger partial charge in [0.15, 0.2) is 5.17 Å². The maximum atomic E-state index is 5.53. The first-order valence-corrected chi connectivity index (χ1v) is 5.96. The van der Waals surface area contributed by atoms with Gasteiger partial charge >= 0.3 is 0 Å². The fourth-order valence-electron chi connectivity index (χ4n) is 1.65. The van der Waals surface area contributed by atoms with Crippen molar-refractivity contribution in [2.45, 2.75) is 25.4 Å². The topological polar surface area (TPSA) is 33.6 Å². The third-order valence-electron chi connectivity index (χ3n) is 2.35. The maximum Gasteiger partial charge on any atom is 0.156 e. The van der Waals surface area contributed by atoms with Crippen LogP contribution in [-0.4, -0.2) is 36.7 Å². The Morgan fingerprint density at radius 2 is 2.62 bits per heavy atom. The smallest absolute Gasteiger partial charge is 0.156 e. The first-order valence-electron chi connectivity index (χ1n) is 4.98. The summed E-state index contributed by atoms with van der Waals surface area (Å²) in [5.41, 5.74) is 0. The van der Waals surface area contributed by atoms with Crippen LogP contribution in [0.25, 0.3) is 0 Å². The standard InChI is InChI=1S/C9H16N2OS/c1-2-8(12-6-1)3-4-10-9-11-5-7-13-9/h8H,1-7H2,(H,10,11). The SMILES string of the molecule is C1COC(CCNC2=NCCS2)C1. The average molecular weight is 200 g/mol. The molecule has 2 heterocycles. The van der Waals surface area contributed by atoms with Crippen molar-refractivity contribution in [1.82, 2.24) is 5.32 Å². The van der Waals surface area contributed by atoms with E-state index in [1.54, 1.807) is 0 Å². The minimum atomic E-state index is 0.500. The molecule has 3 nitrogen and oxygen atoms in total. The number of amidine groups is 1. The molecule has 0 aromatic heterocycles. The molecule has 1 atom stereocenters. The van der Waals surface area contributed by atoms with E-state index in [0.717, 1.165) is 37.0 Å². The lowest BCUT2D eigenvalue weighted by Gasteiger charge is -2.09. The minimum absolute atomic E-state index is 0.500. The van der Waals surface area contributed by atoms with Crippen LogP contribution in [0.15, 0.2) is 4.99 Å². The molecular formula is C9H16N2OS. The molecule has 1 fully saturated rings. The van der Waals surface area contributed by atoms with Crippen molar-refractivity contribution in [2.24, 2.45) is 4.99 Å². The summed E-state index contributed by atoms with van der Waals surface area (Å²) >= 11 is 1.82. The zero-order valence-electron chi connectivity index (χ0n) is 7.79. The Kier molecular flexibility index (Phi) is 3.49. The van der Waals surface area contributed by atoms with Crippen LogP contribution < -0.4 is 5.32 Å². The van der Waals surface area contributed by atoms with Gasteiger partial charge in [-0.25, -0.2) is 0 Å². The molecule has 0 saturated carbocycles. The summed E-state index contributed by atoms with van der Waals surface area (Å²) in [6.07, 6.45) is 4.10. The summed E-state index contributed by atoms with van der Waals surface area (Å²) in [6.45, 7) is 2.95. The molecule has 4 heteroatoms. The second kappa shape index (κ2) is 4.86. The molecule has 0 aliphatic carbocycles. The highest BCUT2D eigenvalue weighted by molar-refractivity contribution is 8.14. The molecule has 2 aliphatic rings. The molecule has 0 spiro atoms. The number of hydrogen-bond acceptors (Lipinski definition) is 4. The molecule has 2 rings (SSSR count). The third kappa shape index (κ3) is 2.88. The number of aliphatic imine (C=N–C) groups is 1. The Balaban J connectivity index is 1.57. The molecule has 1 N–H and O–H groups in total. The highest BCUT2D eigenvalue weighted by atomic mass is 32.2. The first-order chi connectivity index (χ1) is 6.45. The van der Waals surface area contributed by atoms with Crippen LogP contribution >= 0.6 is 11.8 Å². The van der Waals surface area contributed by atoms with Gasteiger partial charge in [0.05, 0.1) is 12.6 Å². The van der Waals surface area contributed by atoms with E-state index in [1.165, 1.54) is 12.8 Å². The summed E-state index contributed by atoms with van der Waals surface area (Å²) in [7, 11) is 0. The van der Waals surface area contributed by atoms with Crippen molar-refractivity contribution in [3.63, 3.8) is 0 Å². The fourth-order valence-corrected chi connectivity index (χ4v) is 2.42. The van der Waals surface area contributed by atoms with Crippen molar-refractivity contribution in [3.05, 3.63) is 0 Å². The summed E-state index contributed by atoms with van der Waals surface area (Å²) in [5.74, 6) is 1.14. The van der Waals surface area contributed by atoms with E-state index in [4.69, 9.17) is 4.74 Å². The Bertz CT molecular complexity index is 190. The van der Waals surface area contributed by atoms with Crippen LogP contribution in [0, 0.1) is 0 Å². The molecule has 1 saturated heterocycles. The van der Waals surface area contributed by atoms with Gasteiger partial charge in [0, 0.05) is 18.9 Å². The van der Waals surface area contributed by atoms with Crippen molar-refractivity contribution in [3.8, 4) is 0 Å². The number of ether oxygens (including phenoxy) is 1. The van der Waals surface area contributed by atoms with Gasteiger partial charge in [-0.3, -0.25) is 4.99 Å². The lowest BCUT2D eigenvalue weighted by Crippen LogP contribution is -2.23. The van der Waals surface area contributed by atoms with Crippen LogP contribution in [-0.2, 0) is 4.74 Å². The lowest BCUT2D eigenvalue weighted by molar-refractivity contribution is 0.105. The minimum Gasteiger partial charge on any atom is -0.378 e. The Morgan fingerprint density at radius 3 is 3.31 bits per heavy atom. The number of nitrogens with zero attached hydrogens (tertiary/aromatic N) is 1. The zero-order valence-corrected chi connectivity index (χ0v) is 8.61. The van der Waals surface area contributed by atoms with Gasteiger partial charge in [0.2, 0.25) is 0 Å². The molecule has 13 heavy (non-hydrogen) atoms. The molecule has 0 aromatic rings. The number of nitrogens with one attached hydrogen (secondary N) is 1. The highest BCUT2D eigenvalue weighted by Crippen LogP contribution is 2.15. The van der Waals surface area contributed by atoms with E-state index in [9.17, 15) is 0 Å². The second-order valence-corrected chi connectivity index (χ2v) is 4.47. The summed E-state index contributed by atoms with van der Waals surface area (Å²) in [4.78, 5) is 4.33. The van der Waals surface area contributed by atoms with Crippen molar-refractivity contribution < 1.29 is 4.74 Å². The number of rotatable bonds is 3. The van der Waals surface area contributed by atoms with Crippen molar-refractivity contribution >= 4 is 16.9 Å². The second-order valence-electron chi connectivity index (χ2n) is 3.39.